The number of nitrogens with one attached hydrogen (secondary N) is 1. The van der Waals surface area contributed by atoms with Gasteiger partial charge in [-0.1, -0.05) is 57.3 Å². The molecule has 4 nitrogen and oxygen atoms in total. The van der Waals surface area contributed by atoms with Crippen LogP contribution in [-0.4, -0.2) is 18.2 Å². The van der Waals surface area contributed by atoms with Crippen LogP contribution in [0.2, 0.25) is 10.0 Å². The van der Waals surface area contributed by atoms with Crippen LogP contribution in [0.3, 0.4) is 0 Å². The van der Waals surface area contributed by atoms with Gasteiger partial charge in [0.2, 0.25) is 0 Å². The molecular formula is C24H17BrCl2F3N3O. The molecule has 1 amide bonds. The van der Waals surface area contributed by atoms with Gasteiger partial charge < -0.3 is 5.32 Å². The van der Waals surface area contributed by atoms with E-state index in [1.165, 1.54) is 12.1 Å². The van der Waals surface area contributed by atoms with E-state index in [9.17, 15) is 18.0 Å². The first kappa shape index (κ1) is 24.6. The van der Waals surface area contributed by atoms with Gasteiger partial charge in [-0.25, -0.2) is 0 Å². The van der Waals surface area contributed by atoms with E-state index >= 15 is 0 Å². The number of rotatable bonds is 5. The first-order chi connectivity index (χ1) is 16.1. The Morgan fingerprint density at radius 1 is 1.09 bits per heavy atom. The topological polar surface area (TPSA) is 44.7 Å². The zero-order valence-corrected chi connectivity index (χ0v) is 20.5. The lowest BCUT2D eigenvalue weighted by Gasteiger charge is -2.25. The van der Waals surface area contributed by atoms with Gasteiger partial charge in [0.15, 0.2) is 0 Å². The summed E-state index contributed by atoms with van der Waals surface area (Å²) in [5.41, 5.74) is 1.34. The molecule has 0 spiro atoms. The lowest BCUT2D eigenvalue weighted by atomic mass is 10.0. The fraction of sp³-hybridized carbons (Fsp3) is 0.167. The third kappa shape index (κ3) is 5.56. The standard InChI is InChI=1S/C24H17BrCl2F3N3O/c25-17-6-4-14(5-7-17)22-12-19(32-33(22)21-9-8-18(26)11-20(21)27)13-31-23(34)15-2-1-3-16(10-15)24(28,29)30/h1-11,22H,12-13H2,(H,31,34). The number of hydrogen-bond donors (Lipinski definition) is 1. The summed E-state index contributed by atoms with van der Waals surface area (Å²) in [6, 6.07) is 17.0. The van der Waals surface area contributed by atoms with Crippen molar-refractivity contribution in [3.05, 3.63) is 97.9 Å². The van der Waals surface area contributed by atoms with Gasteiger partial charge in [0.25, 0.3) is 5.91 Å². The van der Waals surface area contributed by atoms with E-state index in [1.54, 1.807) is 23.2 Å². The Labute approximate surface area is 212 Å². The second kappa shape index (κ2) is 9.98. The molecule has 34 heavy (non-hydrogen) atoms. The lowest BCUT2D eigenvalue weighted by Crippen LogP contribution is -2.29. The molecular weight excluding hydrogens is 554 g/mol. The number of anilines is 1. The van der Waals surface area contributed by atoms with Gasteiger partial charge in [0.05, 0.1) is 34.6 Å². The summed E-state index contributed by atoms with van der Waals surface area (Å²) in [6.07, 6.45) is -4.04. The molecule has 0 fully saturated rings. The van der Waals surface area contributed by atoms with Crippen molar-refractivity contribution < 1.29 is 18.0 Å². The van der Waals surface area contributed by atoms with E-state index in [0.717, 1.165) is 22.2 Å². The van der Waals surface area contributed by atoms with Crippen LogP contribution in [0.15, 0.2) is 76.3 Å². The second-order valence-electron chi connectivity index (χ2n) is 7.64. The Morgan fingerprint density at radius 2 is 1.82 bits per heavy atom. The minimum absolute atomic E-state index is 0.0732. The lowest BCUT2D eigenvalue weighted by molar-refractivity contribution is -0.137. The summed E-state index contributed by atoms with van der Waals surface area (Å²) in [5.74, 6) is -0.614. The van der Waals surface area contributed by atoms with Crippen molar-refractivity contribution in [2.75, 3.05) is 11.6 Å². The number of amides is 1. The van der Waals surface area contributed by atoms with E-state index in [0.29, 0.717) is 27.9 Å². The van der Waals surface area contributed by atoms with E-state index in [1.807, 2.05) is 24.3 Å². The highest BCUT2D eigenvalue weighted by Gasteiger charge is 2.32. The Hall–Kier alpha value is -2.55. The molecule has 0 radical (unpaired) electrons. The van der Waals surface area contributed by atoms with Gasteiger partial charge in [-0.3, -0.25) is 9.80 Å². The van der Waals surface area contributed by atoms with Crippen LogP contribution >= 0.6 is 39.1 Å². The summed E-state index contributed by atoms with van der Waals surface area (Å²) in [4.78, 5) is 12.5. The molecule has 3 aromatic carbocycles. The van der Waals surface area contributed by atoms with Crippen molar-refractivity contribution in [1.82, 2.24) is 5.32 Å². The number of carbonyl (C=O) groups is 1. The fourth-order valence-corrected chi connectivity index (χ4v) is 4.39. The number of benzene rings is 3. The molecule has 0 saturated carbocycles. The molecule has 1 atom stereocenters. The Bertz CT molecular complexity index is 1250. The summed E-state index contributed by atoms with van der Waals surface area (Å²) in [7, 11) is 0. The number of hydrazone groups is 1. The van der Waals surface area contributed by atoms with Gasteiger partial charge in [0.1, 0.15) is 0 Å². The zero-order valence-electron chi connectivity index (χ0n) is 17.4. The SMILES string of the molecule is O=C(NCC1=NN(c2ccc(Cl)cc2Cl)C(c2ccc(Br)cc2)C1)c1cccc(C(F)(F)F)c1. The molecule has 1 aliphatic rings. The van der Waals surface area contributed by atoms with Crippen LogP contribution in [0.5, 0.6) is 0 Å². The monoisotopic (exact) mass is 569 g/mol. The smallest absolute Gasteiger partial charge is 0.347 e. The number of hydrogen-bond acceptors (Lipinski definition) is 3. The molecule has 1 unspecified atom stereocenters. The molecule has 0 saturated heterocycles. The van der Waals surface area contributed by atoms with E-state index < -0.39 is 17.6 Å². The van der Waals surface area contributed by atoms with Crippen molar-refractivity contribution in [2.24, 2.45) is 5.10 Å². The highest BCUT2D eigenvalue weighted by atomic mass is 79.9. The van der Waals surface area contributed by atoms with E-state index in [4.69, 9.17) is 23.2 Å². The average molecular weight is 571 g/mol. The summed E-state index contributed by atoms with van der Waals surface area (Å²) < 4.78 is 39.9. The fourth-order valence-electron chi connectivity index (χ4n) is 3.63. The van der Waals surface area contributed by atoms with Gasteiger partial charge in [-0.05, 0) is 54.1 Å². The van der Waals surface area contributed by atoms with Gasteiger partial charge in [-0.15, -0.1) is 0 Å². The van der Waals surface area contributed by atoms with Gasteiger partial charge in [0, 0.05) is 21.5 Å². The summed E-state index contributed by atoms with van der Waals surface area (Å²) >= 11 is 15.9. The largest absolute Gasteiger partial charge is 0.416 e. The van der Waals surface area contributed by atoms with Crippen LogP contribution in [0.4, 0.5) is 18.9 Å². The molecule has 1 heterocycles. The molecule has 4 rings (SSSR count). The molecule has 1 N–H and O–H groups in total. The number of carbonyl (C=O) groups excluding carboxylic acids is 1. The maximum Gasteiger partial charge on any atom is 0.416 e. The maximum absolute atomic E-state index is 13.0. The Kier molecular flexibility index (Phi) is 7.21. The highest BCUT2D eigenvalue weighted by Crippen LogP contribution is 2.39. The van der Waals surface area contributed by atoms with Crippen molar-refractivity contribution in [2.45, 2.75) is 18.6 Å². The summed E-state index contributed by atoms with van der Waals surface area (Å²) in [6.45, 7) is 0.0732. The minimum atomic E-state index is -4.53. The predicted molar refractivity (Wildman–Crippen MR) is 132 cm³/mol. The number of nitrogens with zero attached hydrogens (tertiary/aromatic N) is 2. The summed E-state index contributed by atoms with van der Waals surface area (Å²) in [5, 5.41) is 10.0. The first-order valence-electron chi connectivity index (χ1n) is 10.1. The van der Waals surface area contributed by atoms with Crippen molar-refractivity contribution in [3.63, 3.8) is 0 Å². The number of alkyl halides is 3. The second-order valence-corrected chi connectivity index (χ2v) is 9.40. The van der Waals surface area contributed by atoms with Gasteiger partial charge >= 0.3 is 6.18 Å². The predicted octanol–water partition coefficient (Wildman–Crippen LogP) is 7.51. The normalized spacial score (nSPS) is 15.9. The Morgan fingerprint density at radius 3 is 2.50 bits per heavy atom. The molecule has 3 aromatic rings. The molecule has 0 bridgehead atoms. The van der Waals surface area contributed by atoms with Crippen molar-refractivity contribution in [3.8, 4) is 0 Å². The molecule has 176 valence electrons. The third-order valence-electron chi connectivity index (χ3n) is 5.29. The van der Waals surface area contributed by atoms with Crippen molar-refractivity contribution >= 4 is 56.4 Å². The molecule has 0 aliphatic carbocycles. The van der Waals surface area contributed by atoms with Crippen LogP contribution < -0.4 is 10.3 Å². The first-order valence-corrected chi connectivity index (χ1v) is 11.7. The molecule has 10 heteroatoms. The Balaban J connectivity index is 1.56. The van der Waals surface area contributed by atoms with Crippen LogP contribution in [0.1, 0.15) is 33.9 Å². The third-order valence-corrected chi connectivity index (χ3v) is 6.36. The molecule has 0 aromatic heterocycles. The molecule has 1 aliphatic heterocycles. The number of halogens is 6. The highest BCUT2D eigenvalue weighted by molar-refractivity contribution is 9.10. The average Bonchev–Trinajstić information content (AvgIpc) is 3.21. The van der Waals surface area contributed by atoms with Crippen molar-refractivity contribution in [1.29, 1.82) is 0 Å². The van der Waals surface area contributed by atoms with E-state index in [-0.39, 0.29) is 18.2 Å². The van der Waals surface area contributed by atoms with Crippen LogP contribution in [-0.2, 0) is 6.18 Å². The van der Waals surface area contributed by atoms with Crippen LogP contribution in [0, 0.1) is 0 Å². The van der Waals surface area contributed by atoms with Crippen LogP contribution in [0.25, 0.3) is 0 Å². The van der Waals surface area contributed by atoms with E-state index in [2.05, 4.69) is 26.3 Å². The van der Waals surface area contributed by atoms with Gasteiger partial charge in [-0.2, -0.15) is 18.3 Å². The minimum Gasteiger partial charge on any atom is -0.347 e. The zero-order chi connectivity index (χ0) is 24.5. The quantitative estimate of drug-likeness (QED) is 0.345. The maximum atomic E-state index is 13.0.